The molecule has 0 saturated heterocycles. The summed E-state index contributed by atoms with van der Waals surface area (Å²) >= 11 is 1.24. The van der Waals surface area contributed by atoms with Gasteiger partial charge in [0.15, 0.2) is 5.16 Å². The molecular weight excluding hydrogens is 370 g/mol. The second-order valence-electron chi connectivity index (χ2n) is 5.72. The highest BCUT2D eigenvalue weighted by Gasteiger charge is 2.11. The molecule has 0 bridgehead atoms. The van der Waals surface area contributed by atoms with Crippen LogP contribution in [0.25, 0.3) is 11.0 Å². The first-order valence-corrected chi connectivity index (χ1v) is 9.26. The van der Waals surface area contributed by atoms with Gasteiger partial charge in [-0.3, -0.25) is 19.1 Å². The largest absolute Gasteiger partial charge is 0.385 e. The number of carbonyl (C=O) groups is 1. The Labute approximate surface area is 158 Å². The first-order chi connectivity index (χ1) is 13.1. The molecule has 0 aliphatic carbocycles. The summed E-state index contributed by atoms with van der Waals surface area (Å²) in [6.07, 6.45) is 0.569. The van der Waals surface area contributed by atoms with Crippen LogP contribution >= 0.6 is 11.8 Å². The molecule has 27 heavy (non-hydrogen) atoms. The second-order valence-corrected chi connectivity index (χ2v) is 6.68. The zero-order chi connectivity index (χ0) is 19.2. The molecule has 2 heterocycles. The lowest BCUT2D eigenvalue weighted by atomic mass is 10.3. The fourth-order valence-electron chi connectivity index (χ4n) is 2.52. The Morgan fingerprint density at radius 3 is 2.89 bits per heavy atom. The molecule has 0 aliphatic rings. The molecule has 142 valence electrons. The number of anilines is 1. The summed E-state index contributed by atoms with van der Waals surface area (Å²) in [5.74, 6) is -0.0974. The third kappa shape index (κ3) is 4.86. The van der Waals surface area contributed by atoms with Gasteiger partial charge >= 0.3 is 5.69 Å². The average Bonchev–Trinajstić information content (AvgIpc) is 3.05. The van der Waals surface area contributed by atoms with Crippen LogP contribution in [0, 0.1) is 0 Å². The van der Waals surface area contributed by atoms with E-state index in [1.165, 1.54) is 22.4 Å². The maximum absolute atomic E-state index is 12.3. The number of hydrogen-bond donors (Lipinski definition) is 3. The molecule has 3 N–H and O–H groups in total. The summed E-state index contributed by atoms with van der Waals surface area (Å²) in [5.41, 5.74) is 0.575. The topological polar surface area (TPSA) is 122 Å². The maximum Gasteiger partial charge on any atom is 0.329 e. The Balaban J connectivity index is 1.67. The molecule has 0 aliphatic heterocycles. The molecule has 3 aromatic rings. The lowest BCUT2D eigenvalue weighted by molar-refractivity contribution is -0.113. The van der Waals surface area contributed by atoms with Crippen LogP contribution in [0.1, 0.15) is 6.42 Å². The number of imidazole rings is 1. The van der Waals surface area contributed by atoms with E-state index in [-0.39, 0.29) is 17.5 Å². The standard InChI is InChI=1S/C17H19N5O4S/c1-26-8-4-7-22-13(9-14(23)21-17(22)25)20-15(24)10-27-16-18-11-5-2-3-6-12(11)19-16/h2-3,5-6,9H,4,7-8,10H2,1H3,(H,18,19)(H,20,24)(H,21,23,25). The number of ether oxygens (including phenoxy) is 1. The van der Waals surface area contributed by atoms with Crippen molar-refractivity contribution in [1.29, 1.82) is 0 Å². The van der Waals surface area contributed by atoms with Crippen molar-refractivity contribution in [2.24, 2.45) is 0 Å². The van der Waals surface area contributed by atoms with Crippen LogP contribution in [0.2, 0.25) is 0 Å². The van der Waals surface area contributed by atoms with Gasteiger partial charge in [-0.2, -0.15) is 0 Å². The van der Waals surface area contributed by atoms with E-state index in [2.05, 4.69) is 20.3 Å². The van der Waals surface area contributed by atoms with Crippen LogP contribution in [0.3, 0.4) is 0 Å². The number of aromatic amines is 2. The fourth-order valence-corrected chi connectivity index (χ4v) is 3.21. The zero-order valence-electron chi connectivity index (χ0n) is 14.7. The van der Waals surface area contributed by atoms with Gasteiger partial charge < -0.3 is 15.0 Å². The van der Waals surface area contributed by atoms with Gasteiger partial charge in [0.05, 0.1) is 16.8 Å². The van der Waals surface area contributed by atoms with Crippen LogP contribution in [0.5, 0.6) is 0 Å². The van der Waals surface area contributed by atoms with Crippen molar-refractivity contribution in [2.45, 2.75) is 18.1 Å². The molecule has 0 saturated carbocycles. The van der Waals surface area contributed by atoms with E-state index in [0.29, 0.717) is 24.7 Å². The molecule has 1 aromatic carbocycles. The van der Waals surface area contributed by atoms with E-state index in [0.717, 1.165) is 11.0 Å². The maximum atomic E-state index is 12.3. The van der Waals surface area contributed by atoms with E-state index in [1.807, 2.05) is 24.3 Å². The smallest absolute Gasteiger partial charge is 0.329 e. The number of benzene rings is 1. The Morgan fingerprint density at radius 2 is 2.11 bits per heavy atom. The number of nitrogens with one attached hydrogen (secondary N) is 3. The molecule has 0 spiro atoms. The van der Waals surface area contributed by atoms with Crippen LogP contribution in [0.15, 0.2) is 45.1 Å². The Morgan fingerprint density at radius 1 is 1.30 bits per heavy atom. The van der Waals surface area contributed by atoms with E-state index in [9.17, 15) is 14.4 Å². The predicted octanol–water partition coefficient (Wildman–Crippen LogP) is 1.18. The third-order valence-electron chi connectivity index (χ3n) is 3.74. The normalized spacial score (nSPS) is 11.0. The first-order valence-electron chi connectivity index (χ1n) is 8.27. The lowest BCUT2D eigenvalue weighted by Gasteiger charge is -2.12. The number of nitrogens with zero attached hydrogens (tertiary/aromatic N) is 2. The molecule has 3 rings (SSSR count). The highest BCUT2D eigenvalue weighted by atomic mass is 32.2. The van der Waals surface area contributed by atoms with Crippen molar-refractivity contribution >= 4 is 34.5 Å². The van der Waals surface area contributed by atoms with Crippen LogP contribution in [-0.2, 0) is 16.1 Å². The van der Waals surface area contributed by atoms with Gasteiger partial charge in [-0.1, -0.05) is 23.9 Å². The number of carbonyl (C=O) groups excluding carboxylic acids is 1. The number of amides is 1. The molecule has 1 amide bonds. The van der Waals surface area contributed by atoms with Crippen molar-refractivity contribution in [2.75, 3.05) is 24.8 Å². The fraction of sp³-hybridized carbons (Fsp3) is 0.294. The van der Waals surface area contributed by atoms with Gasteiger partial charge in [0.2, 0.25) is 5.91 Å². The van der Waals surface area contributed by atoms with Crippen molar-refractivity contribution in [3.05, 3.63) is 51.2 Å². The summed E-state index contributed by atoms with van der Waals surface area (Å²) in [6, 6.07) is 8.77. The molecule has 9 nitrogen and oxygen atoms in total. The molecule has 10 heteroatoms. The minimum absolute atomic E-state index is 0.0822. The van der Waals surface area contributed by atoms with Crippen LogP contribution in [-0.4, -0.2) is 44.9 Å². The zero-order valence-corrected chi connectivity index (χ0v) is 15.5. The SMILES string of the molecule is COCCCn1c(NC(=O)CSc2nc3ccccc3[nH]2)cc(=O)[nH]c1=O. The minimum Gasteiger partial charge on any atom is -0.385 e. The highest BCUT2D eigenvalue weighted by molar-refractivity contribution is 7.99. The second kappa shape index (κ2) is 8.69. The van der Waals surface area contributed by atoms with E-state index < -0.39 is 11.2 Å². The Kier molecular flexibility index (Phi) is 6.09. The van der Waals surface area contributed by atoms with Crippen molar-refractivity contribution in [3.8, 4) is 0 Å². The van der Waals surface area contributed by atoms with E-state index >= 15 is 0 Å². The van der Waals surface area contributed by atoms with Crippen molar-refractivity contribution in [1.82, 2.24) is 19.5 Å². The number of rotatable bonds is 8. The number of H-pyrrole nitrogens is 2. The average molecular weight is 389 g/mol. The molecule has 0 fully saturated rings. The van der Waals surface area contributed by atoms with Gasteiger partial charge in [-0.25, -0.2) is 9.78 Å². The van der Waals surface area contributed by atoms with E-state index in [4.69, 9.17) is 4.74 Å². The molecule has 2 aromatic heterocycles. The number of aromatic nitrogens is 4. The van der Waals surface area contributed by atoms with Crippen LogP contribution < -0.4 is 16.6 Å². The van der Waals surface area contributed by atoms with Gasteiger partial charge in [0.1, 0.15) is 5.82 Å². The third-order valence-corrected chi connectivity index (χ3v) is 4.61. The molecule has 0 atom stereocenters. The van der Waals surface area contributed by atoms with Gasteiger partial charge in [0.25, 0.3) is 5.56 Å². The number of para-hydroxylation sites is 2. The summed E-state index contributed by atoms with van der Waals surface area (Å²) in [4.78, 5) is 45.6. The molecular formula is C17H19N5O4S. The summed E-state index contributed by atoms with van der Waals surface area (Å²) in [7, 11) is 1.56. The van der Waals surface area contributed by atoms with Crippen molar-refractivity contribution < 1.29 is 9.53 Å². The van der Waals surface area contributed by atoms with Gasteiger partial charge in [-0.15, -0.1) is 0 Å². The van der Waals surface area contributed by atoms with E-state index in [1.54, 1.807) is 7.11 Å². The van der Waals surface area contributed by atoms with Gasteiger partial charge in [0, 0.05) is 26.3 Å². The first kappa shape index (κ1) is 18.9. The summed E-state index contributed by atoms with van der Waals surface area (Å²) in [6.45, 7) is 0.774. The number of hydrogen-bond acceptors (Lipinski definition) is 6. The molecule has 0 radical (unpaired) electrons. The molecule has 0 unspecified atom stereocenters. The monoisotopic (exact) mass is 389 g/mol. The number of thioether (sulfide) groups is 1. The number of methoxy groups -OCH3 is 1. The highest BCUT2D eigenvalue weighted by Crippen LogP contribution is 2.19. The lowest BCUT2D eigenvalue weighted by Crippen LogP contribution is -2.33. The quantitative estimate of drug-likeness (QED) is 0.393. The van der Waals surface area contributed by atoms with Crippen LogP contribution in [0.4, 0.5) is 5.82 Å². The van der Waals surface area contributed by atoms with Crippen molar-refractivity contribution in [3.63, 3.8) is 0 Å². The Hall–Kier alpha value is -2.85. The number of fused-ring (bicyclic) bond motifs is 1. The minimum atomic E-state index is -0.571. The van der Waals surface area contributed by atoms with Gasteiger partial charge in [-0.05, 0) is 18.6 Å². The summed E-state index contributed by atoms with van der Waals surface area (Å²) in [5, 5.41) is 3.24. The predicted molar refractivity (Wildman–Crippen MR) is 103 cm³/mol. The Bertz CT molecular complexity index is 1020. The summed E-state index contributed by atoms with van der Waals surface area (Å²) < 4.78 is 6.28.